The highest BCUT2D eigenvalue weighted by Crippen LogP contribution is 2.02. The quantitative estimate of drug-likeness (QED) is 0.390. The Labute approximate surface area is 71.2 Å². The van der Waals surface area contributed by atoms with Crippen LogP contribution in [-0.4, -0.2) is 11.5 Å². The Morgan fingerprint density at radius 3 is 2.67 bits per heavy atom. The Morgan fingerprint density at radius 1 is 1.75 bits per heavy atom. The fraction of sp³-hybridized carbons (Fsp3) is 0.250. The molecule has 0 aliphatic rings. The van der Waals surface area contributed by atoms with E-state index in [4.69, 9.17) is 5.73 Å². The smallest absolute Gasteiger partial charge is 0.230 e. The highest BCUT2D eigenvalue weighted by Gasteiger charge is 2.04. The van der Waals surface area contributed by atoms with Gasteiger partial charge in [0.2, 0.25) is 6.54 Å². The van der Waals surface area contributed by atoms with Gasteiger partial charge in [0.1, 0.15) is 0 Å². The summed E-state index contributed by atoms with van der Waals surface area (Å²) >= 11 is 0. The van der Waals surface area contributed by atoms with E-state index < -0.39 is 4.92 Å². The predicted molar refractivity (Wildman–Crippen MR) is 48.1 cm³/mol. The molecule has 12 heavy (non-hydrogen) atoms. The van der Waals surface area contributed by atoms with Crippen molar-refractivity contribution in [3.8, 4) is 0 Å². The number of nitrogens with zero attached hydrogens (tertiary/aromatic N) is 1. The van der Waals surface area contributed by atoms with Crippen LogP contribution in [0.5, 0.6) is 0 Å². The second-order valence-electron chi connectivity index (χ2n) is 2.18. The first kappa shape index (κ1) is 10.4. The van der Waals surface area contributed by atoms with E-state index >= 15 is 0 Å². The molecule has 0 saturated heterocycles. The van der Waals surface area contributed by atoms with Crippen LogP contribution in [0.25, 0.3) is 0 Å². The van der Waals surface area contributed by atoms with Crippen LogP contribution in [0.2, 0.25) is 0 Å². The van der Waals surface area contributed by atoms with E-state index in [0.29, 0.717) is 11.3 Å². The van der Waals surface area contributed by atoms with Crippen molar-refractivity contribution in [2.45, 2.75) is 6.92 Å². The van der Waals surface area contributed by atoms with E-state index in [1.165, 1.54) is 6.08 Å². The Kier molecular flexibility index (Phi) is 4.45. The molecule has 0 atom stereocenters. The molecule has 0 aliphatic heterocycles. The fourth-order valence-corrected chi connectivity index (χ4v) is 0.712. The summed E-state index contributed by atoms with van der Waals surface area (Å²) in [7, 11) is 0. The first-order valence-electron chi connectivity index (χ1n) is 3.47. The Hall–Kier alpha value is -1.58. The van der Waals surface area contributed by atoms with Gasteiger partial charge in [-0.25, -0.2) is 0 Å². The highest BCUT2D eigenvalue weighted by molar-refractivity contribution is 5.29. The fourth-order valence-electron chi connectivity index (χ4n) is 0.712. The molecule has 4 nitrogen and oxygen atoms in total. The summed E-state index contributed by atoms with van der Waals surface area (Å²) in [4.78, 5) is 9.73. The summed E-state index contributed by atoms with van der Waals surface area (Å²) in [6.07, 6.45) is 4.72. The third kappa shape index (κ3) is 3.55. The molecule has 0 spiro atoms. The van der Waals surface area contributed by atoms with Crippen LogP contribution in [0.3, 0.4) is 0 Å². The summed E-state index contributed by atoms with van der Waals surface area (Å²) < 4.78 is 0. The topological polar surface area (TPSA) is 69.2 Å². The maximum absolute atomic E-state index is 10.2. The van der Waals surface area contributed by atoms with Crippen LogP contribution in [0.1, 0.15) is 6.92 Å². The zero-order chi connectivity index (χ0) is 9.56. The van der Waals surface area contributed by atoms with Gasteiger partial charge in [-0.1, -0.05) is 18.7 Å². The molecule has 0 aromatic rings. The minimum atomic E-state index is -0.425. The molecule has 0 aromatic heterocycles. The number of hydrogen-bond acceptors (Lipinski definition) is 3. The minimum Gasteiger partial charge on any atom is -0.398 e. The first-order valence-corrected chi connectivity index (χ1v) is 3.47. The molecule has 0 amide bonds. The summed E-state index contributed by atoms with van der Waals surface area (Å²) in [5.41, 5.74) is 6.29. The third-order valence-electron chi connectivity index (χ3n) is 1.26. The van der Waals surface area contributed by atoms with Crippen molar-refractivity contribution in [1.29, 1.82) is 0 Å². The molecule has 0 saturated carbocycles. The lowest BCUT2D eigenvalue weighted by atomic mass is 10.2. The molecule has 66 valence electrons. The molecule has 0 rings (SSSR count). The van der Waals surface area contributed by atoms with Gasteiger partial charge in [0.05, 0.1) is 0 Å². The van der Waals surface area contributed by atoms with Gasteiger partial charge in [0.25, 0.3) is 0 Å². The summed E-state index contributed by atoms with van der Waals surface area (Å²) in [5.74, 6) is 0. The van der Waals surface area contributed by atoms with E-state index in [2.05, 4.69) is 6.58 Å². The predicted octanol–water partition coefficient (Wildman–Crippen LogP) is 1.24. The SMILES string of the molecule is C=C/C(N)=C(\C=C/C)C[N+](=O)[O-]. The third-order valence-corrected chi connectivity index (χ3v) is 1.26. The lowest BCUT2D eigenvalue weighted by Gasteiger charge is -1.98. The van der Waals surface area contributed by atoms with Gasteiger partial charge in [-0.2, -0.15) is 0 Å². The van der Waals surface area contributed by atoms with Crippen LogP contribution >= 0.6 is 0 Å². The van der Waals surface area contributed by atoms with Gasteiger partial charge < -0.3 is 5.73 Å². The van der Waals surface area contributed by atoms with Gasteiger partial charge in [-0.15, -0.1) is 0 Å². The van der Waals surface area contributed by atoms with Crippen molar-refractivity contribution in [2.24, 2.45) is 5.73 Å². The zero-order valence-corrected chi connectivity index (χ0v) is 6.99. The van der Waals surface area contributed by atoms with Crippen LogP contribution in [0.4, 0.5) is 0 Å². The number of allylic oxidation sites excluding steroid dienone is 2. The molecule has 0 fully saturated rings. The minimum absolute atomic E-state index is 0.262. The Balaban J connectivity index is 4.65. The maximum Gasteiger partial charge on any atom is 0.230 e. The largest absolute Gasteiger partial charge is 0.398 e. The van der Waals surface area contributed by atoms with Gasteiger partial charge >= 0.3 is 0 Å². The Bertz CT molecular complexity index is 241. The second-order valence-corrected chi connectivity index (χ2v) is 2.18. The van der Waals surface area contributed by atoms with Crippen LogP contribution in [0.15, 0.2) is 36.1 Å². The van der Waals surface area contributed by atoms with Crippen molar-refractivity contribution in [3.63, 3.8) is 0 Å². The Morgan fingerprint density at radius 2 is 2.33 bits per heavy atom. The van der Waals surface area contributed by atoms with Crippen LogP contribution in [-0.2, 0) is 0 Å². The van der Waals surface area contributed by atoms with Crippen molar-refractivity contribution < 1.29 is 4.92 Å². The van der Waals surface area contributed by atoms with Crippen LogP contribution in [0, 0.1) is 10.1 Å². The summed E-state index contributed by atoms with van der Waals surface area (Å²) in [6.45, 7) is 4.94. The number of nitrogens with two attached hydrogens (primary N) is 1. The average molecular weight is 168 g/mol. The monoisotopic (exact) mass is 168 g/mol. The van der Waals surface area contributed by atoms with Crippen LogP contribution < -0.4 is 5.73 Å². The van der Waals surface area contributed by atoms with Crippen molar-refractivity contribution in [3.05, 3.63) is 46.2 Å². The molecule has 0 bridgehead atoms. The van der Waals surface area contributed by atoms with Gasteiger partial charge in [-0.3, -0.25) is 10.1 Å². The number of rotatable bonds is 4. The number of hydrogen-bond donors (Lipinski definition) is 1. The van der Waals surface area contributed by atoms with E-state index in [0.717, 1.165) is 0 Å². The summed E-state index contributed by atoms with van der Waals surface area (Å²) in [5, 5.41) is 10.2. The first-order chi connectivity index (χ1) is 5.61. The second kappa shape index (κ2) is 5.12. The lowest BCUT2D eigenvalue weighted by Crippen LogP contribution is -2.08. The van der Waals surface area contributed by atoms with Gasteiger partial charge in [0, 0.05) is 16.2 Å². The standard InChI is InChI=1S/C8H12N2O2/c1-3-5-7(6-10(11)12)8(9)4-2/h3-5H,2,6,9H2,1H3/b5-3-,8-7-. The molecule has 0 heterocycles. The van der Waals surface area contributed by atoms with Gasteiger partial charge in [-0.05, 0) is 13.0 Å². The molecule has 0 aliphatic carbocycles. The van der Waals surface area contributed by atoms with Gasteiger partial charge in [0.15, 0.2) is 0 Å². The zero-order valence-electron chi connectivity index (χ0n) is 6.99. The van der Waals surface area contributed by atoms with E-state index in [1.807, 2.05) is 0 Å². The molecule has 0 aromatic carbocycles. The maximum atomic E-state index is 10.2. The average Bonchev–Trinajstić information content (AvgIpc) is 2.01. The van der Waals surface area contributed by atoms with Crippen molar-refractivity contribution >= 4 is 0 Å². The van der Waals surface area contributed by atoms with E-state index in [9.17, 15) is 10.1 Å². The molecule has 0 unspecified atom stereocenters. The molecular weight excluding hydrogens is 156 g/mol. The molecule has 0 radical (unpaired) electrons. The summed E-state index contributed by atoms with van der Waals surface area (Å²) in [6, 6.07) is 0. The van der Waals surface area contributed by atoms with E-state index in [-0.39, 0.29) is 6.54 Å². The molecule has 4 heteroatoms. The van der Waals surface area contributed by atoms with E-state index in [1.54, 1.807) is 19.1 Å². The lowest BCUT2D eigenvalue weighted by molar-refractivity contribution is -0.470. The van der Waals surface area contributed by atoms with Crippen molar-refractivity contribution in [1.82, 2.24) is 0 Å². The normalized spacial score (nSPS) is 12.8. The molecular formula is C8H12N2O2. The van der Waals surface area contributed by atoms with Crippen molar-refractivity contribution in [2.75, 3.05) is 6.54 Å². The highest BCUT2D eigenvalue weighted by atomic mass is 16.6. The number of nitro groups is 1. The molecule has 2 N–H and O–H groups in total.